The Kier molecular flexibility index (Phi) is 10.5. The Morgan fingerprint density at radius 1 is 1.11 bits per heavy atom. The second-order valence-electron chi connectivity index (χ2n) is 15.0. The number of sulfonamides is 2. The van der Waals surface area contributed by atoms with Crippen LogP contribution in [0.3, 0.4) is 0 Å². The van der Waals surface area contributed by atoms with Crippen LogP contribution in [0, 0.1) is 11.3 Å². The van der Waals surface area contributed by atoms with Gasteiger partial charge in [0.15, 0.2) is 0 Å². The summed E-state index contributed by atoms with van der Waals surface area (Å²) in [6.07, 6.45) is 3.34. The highest BCUT2D eigenvalue weighted by Gasteiger charge is 2.67. The lowest BCUT2D eigenvalue weighted by Gasteiger charge is -2.34. The van der Waals surface area contributed by atoms with Crippen molar-refractivity contribution in [3.63, 3.8) is 0 Å². The first kappa shape index (κ1) is 39.4. The molecule has 5 atom stereocenters. The molecule has 54 heavy (non-hydrogen) atoms. The molecule has 5 N–H and O–H groups in total. The molecule has 1 aromatic heterocycles. The van der Waals surface area contributed by atoms with Gasteiger partial charge in [-0.15, -0.1) is 6.58 Å². The normalized spacial score (nSPS) is 23.6. The zero-order valence-electron chi connectivity index (χ0n) is 30.2. The number of carbonyl (C=O) groups excluding carboxylic acids is 3. The Labute approximate surface area is 319 Å². The summed E-state index contributed by atoms with van der Waals surface area (Å²) in [6.45, 7) is 9.15. The molecule has 0 bridgehead atoms. The van der Waals surface area contributed by atoms with Crippen LogP contribution in [-0.4, -0.2) is 87.1 Å². The van der Waals surface area contributed by atoms with E-state index in [0.29, 0.717) is 34.4 Å². The third kappa shape index (κ3) is 7.91. The fourth-order valence-corrected chi connectivity index (χ4v) is 9.08. The van der Waals surface area contributed by atoms with Crippen molar-refractivity contribution < 1.29 is 40.7 Å². The molecule has 3 aliphatic rings. The number of aromatic nitrogens is 1. The second kappa shape index (κ2) is 14.4. The van der Waals surface area contributed by atoms with Gasteiger partial charge in [0, 0.05) is 40.4 Å². The van der Waals surface area contributed by atoms with E-state index < -0.39 is 78.1 Å². The predicted molar refractivity (Wildman–Crippen MR) is 202 cm³/mol. The number of imide groups is 1. The van der Waals surface area contributed by atoms with E-state index in [0.717, 1.165) is 0 Å². The predicted octanol–water partition coefficient (Wildman–Crippen LogP) is 3.09. The largest absolute Gasteiger partial charge is 0.494 e. The Morgan fingerprint density at radius 3 is 2.44 bits per heavy atom. The summed E-state index contributed by atoms with van der Waals surface area (Å²) in [5.41, 5.74) is -1.99. The highest BCUT2D eigenvalue weighted by molar-refractivity contribution is 7.91. The number of halogens is 1. The maximum absolute atomic E-state index is 14.3. The van der Waals surface area contributed by atoms with Crippen LogP contribution in [0.1, 0.15) is 46.5 Å². The lowest BCUT2D eigenvalue weighted by molar-refractivity contribution is -0.136. The maximum atomic E-state index is 14.3. The molecule has 2 heterocycles. The SMILES string of the molecule is C=C[C@@H]1C[C@@]1(C(=O)NS(=O)(=O)C1CC1)N1C[C@H](Oc2ncc(OC)c3ccc(Cl)cc23)C[C@H]1C(=O)NC(=O)[C@@H](Nc1cccc(S(N)(=O)=O)c1)C(C)(C)C. The summed E-state index contributed by atoms with van der Waals surface area (Å²) in [6, 6.07) is 8.57. The number of nitrogens with two attached hydrogens (primary N) is 1. The average molecular weight is 803 g/mol. The highest BCUT2D eigenvalue weighted by atomic mass is 35.5. The zero-order chi connectivity index (χ0) is 39.4. The summed E-state index contributed by atoms with van der Waals surface area (Å²) in [4.78, 5) is 48.1. The first-order chi connectivity index (χ1) is 25.3. The molecule has 2 aromatic carbocycles. The molecule has 1 aliphatic heterocycles. The number of carbonyl (C=O) groups is 3. The summed E-state index contributed by atoms with van der Waals surface area (Å²) in [5, 5.41) is 11.8. The van der Waals surface area contributed by atoms with Gasteiger partial charge in [-0.05, 0) is 61.1 Å². The minimum absolute atomic E-state index is 0.00678. The second-order valence-corrected chi connectivity index (χ2v) is 18.9. The van der Waals surface area contributed by atoms with Crippen LogP contribution in [0.25, 0.3) is 10.8 Å². The molecule has 3 aromatic rings. The maximum Gasteiger partial charge on any atom is 0.254 e. The number of likely N-dealkylation sites (tertiary alicyclic amines) is 1. The minimum Gasteiger partial charge on any atom is -0.494 e. The number of rotatable bonds is 13. The van der Waals surface area contributed by atoms with Crippen molar-refractivity contribution >= 4 is 65.8 Å². The zero-order valence-corrected chi connectivity index (χ0v) is 32.6. The number of nitrogens with zero attached hydrogens (tertiary/aromatic N) is 2. The Morgan fingerprint density at radius 2 is 1.83 bits per heavy atom. The van der Waals surface area contributed by atoms with Crippen LogP contribution < -0.4 is 30.0 Å². The molecule has 1 saturated heterocycles. The lowest BCUT2D eigenvalue weighted by Crippen LogP contribution is -2.59. The first-order valence-electron chi connectivity index (χ1n) is 17.3. The van der Waals surface area contributed by atoms with Gasteiger partial charge in [-0.25, -0.2) is 27.0 Å². The van der Waals surface area contributed by atoms with E-state index in [-0.39, 0.29) is 35.8 Å². The van der Waals surface area contributed by atoms with Crippen LogP contribution in [-0.2, 0) is 34.4 Å². The number of nitrogens with one attached hydrogen (secondary N) is 3. The Bertz CT molecular complexity index is 2240. The van der Waals surface area contributed by atoms with Gasteiger partial charge in [0.1, 0.15) is 23.4 Å². The van der Waals surface area contributed by atoms with Gasteiger partial charge < -0.3 is 14.8 Å². The van der Waals surface area contributed by atoms with Crippen molar-refractivity contribution in [2.45, 2.75) is 80.3 Å². The number of primary sulfonamides is 1. The average Bonchev–Trinajstić information content (AvgIpc) is 4.03. The van der Waals surface area contributed by atoms with Gasteiger partial charge in [-0.1, -0.05) is 44.5 Å². The molecule has 0 unspecified atom stereocenters. The Balaban J connectivity index is 1.32. The van der Waals surface area contributed by atoms with E-state index in [1.54, 1.807) is 56.0 Å². The molecule has 15 nitrogen and oxygen atoms in total. The smallest absolute Gasteiger partial charge is 0.254 e. The van der Waals surface area contributed by atoms with Crippen molar-refractivity contribution in [2.75, 3.05) is 19.0 Å². The molecular weight excluding hydrogens is 760 g/mol. The third-order valence-electron chi connectivity index (χ3n) is 10.1. The molecule has 6 rings (SSSR count). The van der Waals surface area contributed by atoms with E-state index >= 15 is 0 Å². The quantitative estimate of drug-likeness (QED) is 0.184. The molecular formula is C36H43ClN6O9S2. The van der Waals surface area contributed by atoms with Crippen molar-refractivity contribution in [1.82, 2.24) is 19.9 Å². The summed E-state index contributed by atoms with van der Waals surface area (Å²) < 4.78 is 64.0. The van der Waals surface area contributed by atoms with Gasteiger partial charge in [0.25, 0.3) is 5.91 Å². The number of amides is 3. The van der Waals surface area contributed by atoms with E-state index in [4.69, 9.17) is 26.2 Å². The number of ether oxygens (including phenoxy) is 2. The van der Waals surface area contributed by atoms with Crippen molar-refractivity contribution in [3.05, 3.63) is 66.3 Å². The number of fused-ring (bicyclic) bond motifs is 1. The highest BCUT2D eigenvalue weighted by Crippen LogP contribution is 2.53. The standard InChI is InChI=1S/C36H43ClN6O9S2/c1-6-20-17-36(20,34(46)42-54(49,50)24-11-12-24)43-19-23(52-33-27-14-21(37)10-13-26(27)29(51-5)18-39-33)16-28(43)31(44)41-32(45)30(35(2,3)4)40-22-8-7-9-25(15-22)53(38,47)48/h6-10,13-15,18,20,23-24,28,30,40H,1,11-12,16-17,19H2,2-5H3,(H,42,46)(H2,38,47,48)(H,41,44,45)/t20-,23-,28+,30-,36-/m1/s1. The van der Waals surface area contributed by atoms with Gasteiger partial charge in [0.05, 0.1) is 29.5 Å². The van der Waals surface area contributed by atoms with Gasteiger partial charge in [-0.2, -0.15) is 0 Å². The summed E-state index contributed by atoms with van der Waals surface area (Å²) in [5.74, 6) is -2.09. The van der Waals surface area contributed by atoms with E-state index in [2.05, 4.69) is 26.9 Å². The Hall–Kier alpha value is -4.29. The third-order valence-corrected chi connectivity index (χ3v) is 13.0. The van der Waals surface area contributed by atoms with Crippen LogP contribution in [0.4, 0.5) is 5.69 Å². The topological polar surface area (TPSA) is 216 Å². The molecule has 18 heteroatoms. The fraction of sp³-hybridized carbons (Fsp3) is 0.444. The van der Waals surface area contributed by atoms with Crippen LogP contribution in [0.15, 0.2) is 66.2 Å². The van der Waals surface area contributed by atoms with Crippen LogP contribution >= 0.6 is 11.6 Å². The van der Waals surface area contributed by atoms with E-state index in [9.17, 15) is 31.2 Å². The molecule has 0 radical (unpaired) electrons. The lowest BCUT2D eigenvalue weighted by atomic mass is 9.85. The molecule has 3 amide bonds. The number of pyridine rings is 1. The van der Waals surface area contributed by atoms with Gasteiger partial charge >= 0.3 is 0 Å². The van der Waals surface area contributed by atoms with Gasteiger partial charge in [0.2, 0.25) is 37.7 Å². The summed E-state index contributed by atoms with van der Waals surface area (Å²) >= 11 is 6.33. The van der Waals surface area contributed by atoms with Crippen LogP contribution in [0.2, 0.25) is 5.02 Å². The molecule has 0 spiro atoms. The molecule has 2 aliphatic carbocycles. The van der Waals surface area contributed by atoms with Crippen molar-refractivity contribution in [1.29, 1.82) is 0 Å². The number of hydrogen-bond donors (Lipinski definition) is 4. The van der Waals surface area contributed by atoms with Crippen molar-refractivity contribution in [2.24, 2.45) is 16.5 Å². The van der Waals surface area contributed by atoms with Crippen molar-refractivity contribution in [3.8, 4) is 11.6 Å². The monoisotopic (exact) mass is 802 g/mol. The number of methoxy groups -OCH3 is 1. The molecule has 3 fully saturated rings. The molecule has 2 saturated carbocycles. The van der Waals surface area contributed by atoms with E-state index in [1.807, 2.05) is 0 Å². The minimum atomic E-state index is -4.04. The van der Waals surface area contributed by atoms with Crippen LogP contribution in [0.5, 0.6) is 11.6 Å². The summed E-state index contributed by atoms with van der Waals surface area (Å²) in [7, 11) is -6.48. The number of hydrogen-bond acceptors (Lipinski definition) is 12. The number of anilines is 1. The van der Waals surface area contributed by atoms with E-state index in [1.165, 1.54) is 31.5 Å². The van der Waals surface area contributed by atoms with Gasteiger partial charge in [-0.3, -0.25) is 29.3 Å². The fourth-order valence-electron chi connectivity index (χ4n) is 6.99. The first-order valence-corrected chi connectivity index (χ1v) is 20.7. The number of benzene rings is 2. The molecule has 290 valence electrons.